The second kappa shape index (κ2) is 5.88. The van der Waals surface area contributed by atoms with Gasteiger partial charge in [-0.3, -0.25) is 4.79 Å². The fourth-order valence-electron chi connectivity index (χ4n) is 2.44. The van der Waals surface area contributed by atoms with Gasteiger partial charge >= 0.3 is 0 Å². The molecule has 7 heteroatoms. The molecular weight excluding hydrogens is 314 g/mol. The topological polar surface area (TPSA) is 77.1 Å². The molecule has 6 nitrogen and oxygen atoms in total. The largest absolute Gasteiger partial charge is 0.477 e. The lowest BCUT2D eigenvalue weighted by molar-refractivity contribution is 0.288. The van der Waals surface area contributed by atoms with Crippen LogP contribution in [0.4, 0.5) is 0 Å². The summed E-state index contributed by atoms with van der Waals surface area (Å²) in [6.07, 6.45) is 4.90. The van der Waals surface area contributed by atoms with E-state index in [-0.39, 0.29) is 5.56 Å². The number of fused-ring (bicyclic) bond motifs is 1. The highest BCUT2D eigenvalue weighted by Crippen LogP contribution is 2.32. The highest BCUT2D eigenvalue weighted by Gasteiger charge is 2.26. The van der Waals surface area contributed by atoms with Crippen LogP contribution in [-0.2, 0) is 12.2 Å². The minimum Gasteiger partial charge on any atom is -0.477 e. The molecule has 0 radical (unpaired) electrons. The summed E-state index contributed by atoms with van der Waals surface area (Å²) < 4.78 is 11.3. The Hall–Kier alpha value is -2.02. The van der Waals surface area contributed by atoms with E-state index in [4.69, 9.17) is 9.47 Å². The summed E-state index contributed by atoms with van der Waals surface area (Å²) >= 11 is 1.46. The molecule has 2 aromatic heterocycles. The lowest BCUT2D eigenvalue weighted by Crippen LogP contribution is -2.12. The fraction of sp³-hybridized carbons (Fsp3) is 0.438. The maximum atomic E-state index is 12.0. The summed E-state index contributed by atoms with van der Waals surface area (Å²) in [6, 6.07) is 1.97. The zero-order valence-electron chi connectivity index (χ0n) is 12.8. The van der Waals surface area contributed by atoms with Gasteiger partial charge in [0.15, 0.2) is 5.16 Å². The molecule has 2 aromatic rings. The highest BCUT2D eigenvalue weighted by molar-refractivity contribution is 7.98. The quantitative estimate of drug-likeness (QED) is 0.669. The van der Waals surface area contributed by atoms with Crippen molar-refractivity contribution in [3.8, 4) is 11.8 Å². The van der Waals surface area contributed by atoms with Gasteiger partial charge < -0.3 is 14.5 Å². The van der Waals surface area contributed by atoms with Gasteiger partial charge in [0, 0.05) is 23.9 Å². The van der Waals surface area contributed by atoms with Crippen LogP contribution in [0.1, 0.15) is 29.5 Å². The van der Waals surface area contributed by atoms with E-state index in [0.717, 1.165) is 24.0 Å². The Morgan fingerprint density at radius 3 is 3.17 bits per heavy atom. The number of ether oxygens (including phenoxy) is 2. The standard InChI is InChI=1S/C16H17N3O3S/c1-9-4-6-17-14(22-10-2-3-10)12(9)8-23-16-18-13(20)11-5-7-21-15(11)19-16/h4,6,10H,2-3,5,7-8H2,1H3,(H,18,19,20). The fourth-order valence-corrected chi connectivity index (χ4v) is 3.39. The van der Waals surface area contributed by atoms with Crippen molar-refractivity contribution in [3.63, 3.8) is 0 Å². The highest BCUT2D eigenvalue weighted by atomic mass is 32.2. The summed E-state index contributed by atoms with van der Waals surface area (Å²) in [5, 5.41) is 0.566. The third kappa shape index (κ3) is 3.06. The van der Waals surface area contributed by atoms with Crippen molar-refractivity contribution in [2.75, 3.05) is 6.61 Å². The van der Waals surface area contributed by atoms with Gasteiger partial charge in [-0.1, -0.05) is 11.8 Å². The van der Waals surface area contributed by atoms with Crippen molar-refractivity contribution < 1.29 is 9.47 Å². The van der Waals surface area contributed by atoms with Gasteiger partial charge in [-0.15, -0.1) is 0 Å². The van der Waals surface area contributed by atoms with E-state index < -0.39 is 0 Å². The molecule has 1 aliphatic carbocycles. The molecular formula is C16H17N3O3S. The molecule has 0 saturated heterocycles. The molecule has 1 saturated carbocycles. The van der Waals surface area contributed by atoms with Crippen LogP contribution in [0.2, 0.25) is 0 Å². The Morgan fingerprint density at radius 2 is 2.35 bits per heavy atom. The summed E-state index contributed by atoms with van der Waals surface area (Å²) in [6.45, 7) is 2.57. The van der Waals surface area contributed by atoms with Crippen LogP contribution >= 0.6 is 11.8 Å². The monoisotopic (exact) mass is 331 g/mol. The van der Waals surface area contributed by atoms with E-state index in [0.29, 0.717) is 47.4 Å². The second-order valence-electron chi connectivity index (χ2n) is 5.77. The van der Waals surface area contributed by atoms with Crippen molar-refractivity contribution in [1.82, 2.24) is 15.0 Å². The molecule has 1 aliphatic heterocycles. The minimum atomic E-state index is -0.104. The smallest absolute Gasteiger partial charge is 0.258 e. The van der Waals surface area contributed by atoms with Gasteiger partial charge in [-0.25, -0.2) is 4.98 Å². The second-order valence-corrected chi connectivity index (χ2v) is 6.73. The average Bonchev–Trinajstić information content (AvgIpc) is 3.21. The number of aryl methyl sites for hydroxylation is 1. The van der Waals surface area contributed by atoms with Crippen LogP contribution in [0.5, 0.6) is 11.8 Å². The molecule has 0 spiro atoms. The zero-order valence-corrected chi connectivity index (χ0v) is 13.6. The van der Waals surface area contributed by atoms with Gasteiger partial charge in [0.25, 0.3) is 5.56 Å². The van der Waals surface area contributed by atoms with Crippen molar-refractivity contribution in [1.29, 1.82) is 0 Å². The van der Waals surface area contributed by atoms with Crippen LogP contribution < -0.4 is 15.0 Å². The first-order valence-electron chi connectivity index (χ1n) is 7.70. The number of aromatic nitrogens is 3. The van der Waals surface area contributed by atoms with Crippen LogP contribution in [0.15, 0.2) is 22.2 Å². The molecule has 3 heterocycles. The molecule has 0 bridgehead atoms. The lowest BCUT2D eigenvalue weighted by Gasteiger charge is -2.11. The molecule has 23 heavy (non-hydrogen) atoms. The number of nitrogens with zero attached hydrogens (tertiary/aromatic N) is 2. The predicted molar refractivity (Wildman–Crippen MR) is 86.2 cm³/mol. The summed E-state index contributed by atoms with van der Waals surface area (Å²) in [7, 11) is 0. The third-order valence-corrected chi connectivity index (χ3v) is 4.85. The first-order valence-corrected chi connectivity index (χ1v) is 8.69. The minimum absolute atomic E-state index is 0.104. The van der Waals surface area contributed by atoms with Gasteiger partial charge in [0.2, 0.25) is 11.8 Å². The maximum absolute atomic E-state index is 12.0. The van der Waals surface area contributed by atoms with Crippen molar-refractivity contribution in [2.24, 2.45) is 0 Å². The number of rotatable bonds is 5. The van der Waals surface area contributed by atoms with Crippen LogP contribution in [-0.4, -0.2) is 27.7 Å². The molecule has 0 aromatic carbocycles. The Balaban J connectivity index is 1.55. The number of thioether (sulfide) groups is 1. The molecule has 0 atom stereocenters. The van der Waals surface area contributed by atoms with E-state index in [1.54, 1.807) is 6.20 Å². The Morgan fingerprint density at radius 1 is 1.48 bits per heavy atom. The van der Waals surface area contributed by atoms with Crippen LogP contribution in [0, 0.1) is 6.92 Å². The number of pyridine rings is 1. The first kappa shape index (κ1) is 14.6. The van der Waals surface area contributed by atoms with Crippen molar-refractivity contribution >= 4 is 11.8 Å². The van der Waals surface area contributed by atoms with E-state index in [9.17, 15) is 4.79 Å². The van der Waals surface area contributed by atoms with E-state index in [1.807, 2.05) is 13.0 Å². The lowest BCUT2D eigenvalue weighted by atomic mass is 10.2. The van der Waals surface area contributed by atoms with Crippen LogP contribution in [0.3, 0.4) is 0 Å². The normalized spacial score (nSPS) is 16.0. The Labute approximate surface area is 137 Å². The van der Waals surface area contributed by atoms with Gasteiger partial charge in [0.1, 0.15) is 6.10 Å². The Bertz CT molecular complexity index is 802. The van der Waals surface area contributed by atoms with E-state index in [2.05, 4.69) is 15.0 Å². The van der Waals surface area contributed by atoms with Crippen molar-refractivity contribution in [3.05, 3.63) is 39.3 Å². The molecule has 120 valence electrons. The van der Waals surface area contributed by atoms with Gasteiger partial charge in [-0.05, 0) is 31.4 Å². The number of nitrogens with one attached hydrogen (secondary N) is 1. The number of H-pyrrole nitrogens is 1. The molecule has 0 amide bonds. The molecule has 2 aliphatic rings. The third-order valence-electron chi connectivity index (χ3n) is 3.95. The number of hydrogen-bond acceptors (Lipinski definition) is 6. The molecule has 0 unspecified atom stereocenters. The van der Waals surface area contributed by atoms with E-state index >= 15 is 0 Å². The van der Waals surface area contributed by atoms with Crippen LogP contribution in [0.25, 0.3) is 0 Å². The summed E-state index contributed by atoms with van der Waals surface area (Å²) in [5.74, 6) is 1.80. The van der Waals surface area contributed by atoms with Crippen molar-refractivity contribution in [2.45, 2.75) is 43.2 Å². The molecule has 1 N–H and O–H groups in total. The van der Waals surface area contributed by atoms with Gasteiger partial charge in [-0.2, -0.15) is 4.98 Å². The molecule has 4 rings (SSSR count). The maximum Gasteiger partial charge on any atom is 0.258 e. The Kier molecular flexibility index (Phi) is 3.72. The SMILES string of the molecule is Cc1ccnc(OC2CC2)c1CSc1nc2c(c(=O)[nH]1)CCO2. The van der Waals surface area contributed by atoms with Gasteiger partial charge in [0.05, 0.1) is 12.2 Å². The number of hydrogen-bond donors (Lipinski definition) is 1. The number of aromatic amines is 1. The summed E-state index contributed by atoms with van der Waals surface area (Å²) in [5.41, 5.74) is 2.72. The predicted octanol–water partition coefficient (Wildman–Crippen LogP) is 2.24. The molecule has 1 fully saturated rings. The average molecular weight is 331 g/mol. The van der Waals surface area contributed by atoms with E-state index in [1.165, 1.54) is 11.8 Å². The summed E-state index contributed by atoms with van der Waals surface area (Å²) in [4.78, 5) is 23.6. The zero-order chi connectivity index (χ0) is 15.8. The first-order chi connectivity index (χ1) is 11.2.